The first-order chi connectivity index (χ1) is 21.1. The molecular formula is C32H30FN3O7S. The van der Waals surface area contributed by atoms with Crippen molar-refractivity contribution in [1.29, 1.82) is 0 Å². The summed E-state index contributed by atoms with van der Waals surface area (Å²) in [5.74, 6) is -6.24. The molecule has 3 atom stereocenters. The van der Waals surface area contributed by atoms with Gasteiger partial charge in [-0.25, -0.2) is 9.18 Å². The van der Waals surface area contributed by atoms with E-state index in [-0.39, 0.29) is 47.9 Å². The number of esters is 2. The van der Waals surface area contributed by atoms with Crippen LogP contribution >= 0.6 is 11.3 Å². The lowest BCUT2D eigenvalue weighted by atomic mass is 9.68. The van der Waals surface area contributed by atoms with Crippen LogP contribution < -0.4 is 10.6 Å². The van der Waals surface area contributed by atoms with Crippen molar-refractivity contribution in [1.82, 2.24) is 0 Å². The molecule has 1 aromatic heterocycles. The molecule has 0 bridgehead atoms. The van der Waals surface area contributed by atoms with E-state index in [1.807, 2.05) is 17.5 Å². The molecule has 228 valence electrons. The number of anilines is 1. The smallest absolute Gasteiger partial charge is 0.338 e. The second-order valence-electron chi connectivity index (χ2n) is 10.3. The Labute approximate surface area is 256 Å². The molecule has 1 aliphatic carbocycles. The van der Waals surface area contributed by atoms with Gasteiger partial charge in [0.05, 0.1) is 35.3 Å². The minimum atomic E-state index is -1.30. The molecule has 2 heterocycles. The van der Waals surface area contributed by atoms with Crippen LogP contribution in [0.4, 0.5) is 15.8 Å². The number of non-ortho nitro benzene ring substituents is 1. The van der Waals surface area contributed by atoms with Gasteiger partial charge in [-0.1, -0.05) is 24.3 Å². The zero-order valence-electron chi connectivity index (χ0n) is 24.2. The minimum absolute atomic E-state index is 0.0102. The number of carbonyl (C=O) groups is 3. The number of hydrogen-bond acceptors (Lipinski definition) is 10. The van der Waals surface area contributed by atoms with Crippen LogP contribution in [0.5, 0.6) is 0 Å². The van der Waals surface area contributed by atoms with Gasteiger partial charge in [0.25, 0.3) is 5.69 Å². The molecule has 12 heteroatoms. The average Bonchev–Trinajstić information content (AvgIpc) is 3.52. The summed E-state index contributed by atoms with van der Waals surface area (Å²) < 4.78 is 26.3. The van der Waals surface area contributed by atoms with Crippen molar-refractivity contribution in [3.05, 3.63) is 115 Å². The highest BCUT2D eigenvalue weighted by atomic mass is 32.1. The number of aryl methyl sites for hydroxylation is 1. The molecule has 10 nitrogen and oxygen atoms in total. The Morgan fingerprint density at radius 2 is 1.84 bits per heavy atom. The van der Waals surface area contributed by atoms with E-state index in [0.29, 0.717) is 16.9 Å². The molecular weight excluding hydrogens is 589 g/mol. The van der Waals surface area contributed by atoms with Gasteiger partial charge < -0.3 is 15.2 Å². The number of nitrogens with zero attached hydrogens (tertiary/aromatic N) is 2. The average molecular weight is 620 g/mol. The van der Waals surface area contributed by atoms with Crippen molar-refractivity contribution < 1.29 is 33.2 Å². The van der Waals surface area contributed by atoms with Crippen molar-refractivity contribution in [2.24, 2.45) is 11.7 Å². The molecule has 2 N–H and O–H groups in total. The van der Waals surface area contributed by atoms with Crippen LogP contribution in [-0.4, -0.2) is 35.9 Å². The first-order valence-electron chi connectivity index (χ1n) is 14.0. The van der Waals surface area contributed by atoms with Gasteiger partial charge in [0.1, 0.15) is 17.6 Å². The monoisotopic (exact) mass is 619 g/mol. The van der Waals surface area contributed by atoms with Gasteiger partial charge in [-0.15, -0.1) is 11.3 Å². The fourth-order valence-corrected chi connectivity index (χ4v) is 6.87. The van der Waals surface area contributed by atoms with Gasteiger partial charge >= 0.3 is 11.9 Å². The highest BCUT2D eigenvalue weighted by Gasteiger charge is 2.52. The van der Waals surface area contributed by atoms with Crippen LogP contribution in [0, 0.1) is 28.8 Å². The molecule has 0 saturated carbocycles. The Kier molecular flexibility index (Phi) is 8.63. The van der Waals surface area contributed by atoms with Crippen LogP contribution in [0.1, 0.15) is 48.1 Å². The van der Waals surface area contributed by atoms with Crippen LogP contribution in [-0.2, 0) is 23.9 Å². The second kappa shape index (κ2) is 12.4. The summed E-state index contributed by atoms with van der Waals surface area (Å²) in [5, 5.41) is 13.3. The van der Waals surface area contributed by atoms with Crippen LogP contribution in [0.15, 0.2) is 82.6 Å². The van der Waals surface area contributed by atoms with Gasteiger partial charge in [0, 0.05) is 39.8 Å². The number of ketones is 1. The predicted molar refractivity (Wildman–Crippen MR) is 161 cm³/mol. The van der Waals surface area contributed by atoms with Crippen molar-refractivity contribution in [3.8, 4) is 0 Å². The molecule has 0 radical (unpaired) electrons. The fraction of sp³-hybridized carbons (Fsp3) is 0.281. The van der Waals surface area contributed by atoms with Crippen LogP contribution in [0.25, 0.3) is 0 Å². The summed E-state index contributed by atoms with van der Waals surface area (Å²) in [6.45, 7) is 4.90. The summed E-state index contributed by atoms with van der Waals surface area (Å²) in [5.41, 5.74) is 7.65. The van der Waals surface area contributed by atoms with E-state index >= 15 is 4.39 Å². The molecule has 2 aliphatic rings. The third kappa shape index (κ3) is 5.25. The van der Waals surface area contributed by atoms with Crippen molar-refractivity contribution in [2.45, 2.75) is 39.0 Å². The second-order valence-corrected chi connectivity index (χ2v) is 11.3. The number of hydrogen-bond donors (Lipinski definition) is 1. The molecule has 3 aromatic rings. The van der Waals surface area contributed by atoms with Crippen LogP contribution in [0.3, 0.4) is 0 Å². The van der Waals surface area contributed by atoms with Crippen molar-refractivity contribution >= 4 is 40.4 Å². The Morgan fingerprint density at radius 1 is 1.11 bits per heavy atom. The third-order valence-electron chi connectivity index (χ3n) is 7.83. The van der Waals surface area contributed by atoms with E-state index in [1.54, 1.807) is 26.8 Å². The molecule has 2 aromatic carbocycles. The number of benzene rings is 2. The summed E-state index contributed by atoms with van der Waals surface area (Å²) in [7, 11) is 0. The molecule has 0 amide bonds. The highest BCUT2D eigenvalue weighted by molar-refractivity contribution is 7.10. The Bertz CT molecular complexity index is 1720. The van der Waals surface area contributed by atoms with Gasteiger partial charge in [0.15, 0.2) is 5.78 Å². The van der Waals surface area contributed by atoms with E-state index in [4.69, 9.17) is 15.2 Å². The molecule has 0 spiro atoms. The maximum atomic E-state index is 15.6. The lowest BCUT2D eigenvalue weighted by Crippen LogP contribution is -2.46. The van der Waals surface area contributed by atoms with E-state index in [9.17, 15) is 24.5 Å². The molecule has 5 rings (SSSR count). The summed E-state index contributed by atoms with van der Waals surface area (Å²) in [6.07, 6.45) is 0.100. The predicted octanol–water partition coefficient (Wildman–Crippen LogP) is 5.63. The minimum Gasteiger partial charge on any atom is -0.465 e. The number of Topliss-reactive ketones (excluding diaryl/α,β-unsaturated/α-hetero) is 1. The number of ether oxygens (including phenoxy) is 2. The number of nitrogens with two attached hydrogens (primary N) is 1. The first kappa shape index (κ1) is 30.6. The zero-order valence-corrected chi connectivity index (χ0v) is 25.1. The van der Waals surface area contributed by atoms with Crippen molar-refractivity contribution in [2.75, 3.05) is 18.1 Å². The number of thiophene rings is 1. The van der Waals surface area contributed by atoms with E-state index in [2.05, 4.69) is 0 Å². The standard InChI is InChI=1S/C32H30FN3O7S/c1-4-42-31(38)26-20(24-11-8-14-44-24)16-23-27(29(26)37)25(19-9-6-7-10-21(19)33)28(32(39)43-5-2)30(34)35(23)22-13-12-18(36(40)41)15-17(22)3/h6-15,20,25-26H,4-5,16,34H2,1-3H3. The quantitative estimate of drug-likeness (QED) is 0.147. The molecule has 44 heavy (non-hydrogen) atoms. The Balaban J connectivity index is 1.85. The maximum Gasteiger partial charge on any atom is 0.338 e. The SMILES string of the molecule is CCOC(=O)C1=C(N)N(c2ccc([N+](=O)[O-])cc2C)C2=C(C(=O)C(C(=O)OCC)C(c3cccs3)C2)C1c1ccccc1F. The first-order valence-corrected chi connectivity index (χ1v) is 14.9. The van der Waals surface area contributed by atoms with Crippen molar-refractivity contribution in [3.63, 3.8) is 0 Å². The van der Waals surface area contributed by atoms with E-state index in [1.165, 1.54) is 52.6 Å². The number of nitro groups is 1. The Hall–Kier alpha value is -4.84. The lowest BCUT2D eigenvalue weighted by molar-refractivity contribution is -0.384. The fourth-order valence-electron chi connectivity index (χ4n) is 6.01. The topological polar surface area (TPSA) is 142 Å². The molecule has 1 aliphatic heterocycles. The van der Waals surface area contributed by atoms with Gasteiger partial charge in [-0.05, 0) is 56.3 Å². The number of carbonyl (C=O) groups excluding carboxylic acids is 3. The normalized spacial score (nSPS) is 20.0. The largest absolute Gasteiger partial charge is 0.465 e. The summed E-state index contributed by atoms with van der Waals surface area (Å²) >= 11 is 1.37. The number of rotatable bonds is 8. The molecule has 3 unspecified atom stereocenters. The van der Waals surface area contributed by atoms with Gasteiger partial charge in [-0.2, -0.15) is 0 Å². The number of allylic oxidation sites excluding steroid dienone is 2. The molecule has 0 fully saturated rings. The van der Waals surface area contributed by atoms with Crippen LogP contribution in [0.2, 0.25) is 0 Å². The zero-order chi connectivity index (χ0) is 31.7. The number of nitro benzene ring substituents is 1. The van der Waals surface area contributed by atoms with Gasteiger partial charge in [0.2, 0.25) is 0 Å². The molecule has 0 saturated heterocycles. The van der Waals surface area contributed by atoms with E-state index < -0.39 is 46.2 Å². The highest BCUT2D eigenvalue weighted by Crippen LogP contribution is 2.52. The third-order valence-corrected chi connectivity index (χ3v) is 8.84. The van der Waals surface area contributed by atoms with E-state index in [0.717, 1.165) is 4.88 Å². The van der Waals surface area contributed by atoms with Gasteiger partial charge in [-0.3, -0.25) is 24.6 Å². The summed E-state index contributed by atoms with van der Waals surface area (Å²) in [6, 6.07) is 13.5. The maximum absolute atomic E-state index is 15.6. The Morgan fingerprint density at radius 3 is 2.45 bits per heavy atom. The number of halogens is 1. The lowest BCUT2D eigenvalue weighted by Gasteiger charge is -2.44. The summed E-state index contributed by atoms with van der Waals surface area (Å²) in [4.78, 5) is 55.0.